The Kier molecular flexibility index (Phi) is 8.85. The molecule has 12 nitrogen and oxygen atoms in total. The van der Waals surface area contributed by atoms with Crippen LogP contribution in [0.4, 0.5) is 0 Å². The molecule has 0 spiro atoms. The first-order chi connectivity index (χ1) is 25.3. The fourth-order valence-electron chi connectivity index (χ4n) is 6.37. The molecule has 0 atom stereocenters. The smallest absolute Gasteiger partial charge is 0.333 e. The second-order valence-electron chi connectivity index (χ2n) is 14.5. The third-order valence-electron chi connectivity index (χ3n) is 9.23. The molecule has 8 aromatic rings. The summed E-state index contributed by atoms with van der Waals surface area (Å²) in [5.74, 6) is -0.232. The molecule has 4 aromatic carbocycles. The van der Waals surface area contributed by atoms with Gasteiger partial charge in [0.05, 0.1) is 13.2 Å². The average molecular weight is 717 g/mol. The fraction of sp³-hybridized carbons (Fsp3) is 0.268. The van der Waals surface area contributed by atoms with Gasteiger partial charge in [-0.25, -0.2) is 9.59 Å². The Morgan fingerprint density at radius 3 is 1.60 bits per heavy atom. The Morgan fingerprint density at radius 2 is 1.11 bits per heavy atom. The van der Waals surface area contributed by atoms with E-state index >= 15 is 0 Å². The lowest BCUT2D eigenvalue weighted by Crippen LogP contribution is -2.13. The van der Waals surface area contributed by atoms with Crippen molar-refractivity contribution in [1.82, 2.24) is 28.1 Å². The van der Waals surface area contributed by atoms with Crippen LogP contribution in [0, 0.1) is 0 Å². The quantitative estimate of drug-likeness (QED) is 0.0826. The Balaban J connectivity index is 0.000000167. The standard InChI is InChI=1S/C23H27N3O3.C18H17N3O3/c1-15(2)22(28)29-12-8-9-16-13-17(23(3,4)5)21(27)20(14-16)26-24-18-10-6-7-11-19(18)25(24)26;1-12(2)18(23)24-10-9-13-7-8-17(22)16(11-13)21-19-14-5-3-4-6-15(14)20(19)21/h6-7,10-11,13-14,27H,1,8-9,12H2,2-5H3;3-8,11,22H,1,9-10H2,2H3. The van der Waals surface area contributed by atoms with Gasteiger partial charge in [-0.2, -0.15) is 0 Å². The van der Waals surface area contributed by atoms with E-state index in [2.05, 4.69) is 52.1 Å². The molecule has 0 aliphatic carbocycles. The van der Waals surface area contributed by atoms with Crippen LogP contribution in [0.3, 0.4) is 0 Å². The summed E-state index contributed by atoms with van der Waals surface area (Å²) in [5, 5.41) is 21.2. The predicted molar refractivity (Wildman–Crippen MR) is 203 cm³/mol. The minimum Gasteiger partial charge on any atom is -0.506 e. The maximum absolute atomic E-state index is 11.6. The lowest BCUT2D eigenvalue weighted by molar-refractivity contribution is -0.139. The Labute approximate surface area is 306 Å². The van der Waals surface area contributed by atoms with Crippen molar-refractivity contribution >= 4 is 34.0 Å². The van der Waals surface area contributed by atoms with Crippen molar-refractivity contribution in [2.45, 2.75) is 59.3 Å². The molecule has 8 rings (SSSR count). The molecule has 0 radical (unpaired) electrons. The number of nitrogens with zero attached hydrogens (tertiary/aromatic N) is 6. The van der Waals surface area contributed by atoms with Gasteiger partial charge in [0, 0.05) is 23.1 Å². The second kappa shape index (κ2) is 13.4. The Bertz CT molecular complexity index is 2530. The topological polar surface area (TPSA) is 121 Å². The second-order valence-corrected chi connectivity index (χ2v) is 14.5. The number of benzene rings is 4. The minimum absolute atomic E-state index is 0.201. The molecule has 274 valence electrons. The van der Waals surface area contributed by atoms with E-state index < -0.39 is 0 Å². The summed E-state index contributed by atoms with van der Waals surface area (Å²) in [6, 6.07) is 25.7. The number of carbonyl (C=O) groups is 2. The maximum Gasteiger partial charge on any atom is 0.333 e. The van der Waals surface area contributed by atoms with Gasteiger partial charge in [-0.3, -0.25) is 0 Å². The number of carbonyl (C=O) groups excluding carboxylic acids is 2. The van der Waals surface area contributed by atoms with Crippen LogP contribution in [0.15, 0.2) is 103 Å². The van der Waals surface area contributed by atoms with Gasteiger partial charge in [0.15, 0.2) is 0 Å². The van der Waals surface area contributed by atoms with E-state index in [9.17, 15) is 19.8 Å². The summed E-state index contributed by atoms with van der Waals surface area (Å²) >= 11 is 0. The van der Waals surface area contributed by atoms with Gasteiger partial charge in [0.1, 0.15) is 44.9 Å². The highest BCUT2D eigenvalue weighted by Gasteiger charge is 2.29. The predicted octanol–water partition coefficient (Wildman–Crippen LogP) is 7.26. The molecule has 0 aliphatic rings. The number of para-hydroxylation sites is 4. The first-order valence-corrected chi connectivity index (χ1v) is 17.6. The lowest BCUT2D eigenvalue weighted by Gasteiger charge is -2.22. The molecule has 4 aromatic heterocycles. The van der Waals surface area contributed by atoms with Gasteiger partial charge in [-0.05, 0) is 85.7 Å². The van der Waals surface area contributed by atoms with Crippen molar-refractivity contribution in [3.05, 3.63) is 120 Å². The van der Waals surface area contributed by atoms with Crippen LogP contribution in [0.5, 0.6) is 11.5 Å². The highest BCUT2D eigenvalue weighted by Crippen LogP contribution is 2.39. The summed E-state index contributed by atoms with van der Waals surface area (Å²) in [6.07, 6.45) is 2.04. The third-order valence-corrected chi connectivity index (χ3v) is 9.23. The summed E-state index contributed by atoms with van der Waals surface area (Å²) in [5.41, 5.74) is 9.53. The van der Waals surface area contributed by atoms with Crippen LogP contribution in [-0.2, 0) is 37.3 Å². The first kappa shape index (κ1) is 35.1. The van der Waals surface area contributed by atoms with Crippen LogP contribution < -0.4 is 0 Å². The number of phenolic OH excluding ortho intramolecular Hbond substituents is 2. The van der Waals surface area contributed by atoms with Crippen LogP contribution in [0.1, 0.15) is 57.7 Å². The van der Waals surface area contributed by atoms with Crippen LogP contribution in [0.2, 0.25) is 0 Å². The Hall–Kier alpha value is -6.30. The molecule has 0 saturated carbocycles. The van der Waals surface area contributed by atoms with Gasteiger partial charge in [-0.1, -0.05) is 70.3 Å². The molecule has 0 aliphatic heterocycles. The molecule has 53 heavy (non-hydrogen) atoms. The molecule has 0 unspecified atom stereocenters. The summed E-state index contributed by atoms with van der Waals surface area (Å²) < 4.78 is 18.4. The van der Waals surface area contributed by atoms with Crippen molar-refractivity contribution in [2.75, 3.05) is 13.2 Å². The molecule has 4 heterocycles. The summed E-state index contributed by atoms with van der Waals surface area (Å²) in [6.45, 7) is 17.3. The zero-order valence-corrected chi connectivity index (χ0v) is 30.7. The number of rotatable bonds is 11. The van der Waals surface area contributed by atoms with E-state index in [1.54, 1.807) is 19.9 Å². The SMILES string of the molecule is C=C(C)C(=O)OCCCc1cc(-n2n3c4ccccc4n23)c(O)c(C(C)(C)C)c1.C=C(C)C(=O)OCCc1ccc(O)c(-n2n3c4ccccc4n23)c1. The zero-order chi connectivity index (χ0) is 37.8. The highest BCUT2D eigenvalue weighted by atomic mass is 16.5. The minimum atomic E-state index is -0.384. The van der Waals surface area contributed by atoms with Crippen molar-refractivity contribution in [1.29, 1.82) is 0 Å². The van der Waals surface area contributed by atoms with E-state index in [1.165, 1.54) is 0 Å². The highest BCUT2D eigenvalue weighted by molar-refractivity contribution is 5.87. The normalized spacial score (nSPS) is 11.9. The number of phenols is 2. The molecule has 0 bridgehead atoms. The van der Waals surface area contributed by atoms with Gasteiger partial charge < -0.3 is 19.7 Å². The van der Waals surface area contributed by atoms with Gasteiger partial charge in [0.2, 0.25) is 0 Å². The number of hydrogen-bond acceptors (Lipinski definition) is 6. The zero-order valence-electron chi connectivity index (χ0n) is 30.7. The average Bonchev–Trinajstić information content (AvgIpc) is 3.98. The monoisotopic (exact) mass is 716 g/mol. The van der Waals surface area contributed by atoms with Crippen LogP contribution in [-0.4, -0.2) is 63.5 Å². The molecular weight excluding hydrogens is 672 g/mol. The van der Waals surface area contributed by atoms with E-state index in [-0.39, 0.29) is 29.7 Å². The molecule has 0 fully saturated rings. The summed E-state index contributed by atoms with van der Waals surface area (Å²) in [7, 11) is 0. The lowest BCUT2D eigenvalue weighted by atomic mass is 9.84. The van der Waals surface area contributed by atoms with E-state index in [0.717, 1.165) is 50.9 Å². The van der Waals surface area contributed by atoms with E-state index in [1.807, 2.05) is 82.7 Å². The molecular formula is C41H44N6O6. The number of aryl methyl sites for hydroxylation is 1. The molecule has 12 heteroatoms. The van der Waals surface area contributed by atoms with E-state index in [0.29, 0.717) is 42.0 Å². The number of hydrogen-bond donors (Lipinski definition) is 2. The summed E-state index contributed by atoms with van der Waals surface area (Å²) in [4.78, 5) is 26.9. The van der Waals surface area contributed by atoms with Crippen molar-refractivity contribution in [2.24, 2.45) is 0 Å². The number of ether oxygens (including phenoxy) is 2. The van der Waals surface area contributed by atoms with Gasteiger partial charge >= 0.3 is 11.9 Å². The largest absolute Gasteiger partial charge is 0.506 e. The van der Waals surface area contributed by atoms with Crippen molar-refractivity contribution in [3.8, 4) is 22.9 Å². The Morgan fingerprint density at radius 1 is 0.642 bits per heavy atom. The molecule has 2 N–H and O–H groups in total. The maximum atomic E-state index is 11.6. The molecule has 0 saturated heterocycles. The number of esters is 2. The van der Waals surface area contributed by atoms with E-state index in [4.69, 9.17) is 9.47 Å². The third kappa shape index (κ3) is 6.52. The van der Waals surface area contributed by atoms with Crippen molar-refractivity contribution in [3.63, 3.8) is 0 Å². The van der Waals surface area contributed by atoms with Gasteiger partial charge in [0.25, 0.3) is 0 Å². The van der Waals surface area contributed by atoms with Gasteiger partial charge in [-0.15, -0.1) is 28.1 Å². The number of fused-ring (bicyclic) bond motifs is 8. The number of aromatic nitrogens is 6. The number of aromatic hydroxyl groups is 2. The molecule has 0 amide bonds. The van der Waals surface area contributed by atoms with Crippen LogP contribution >= 0.6 is 0 Å². The fourth-order valence-corrected chi connectivity index (χ4v) is 6.37. The van der Waals surface area contributed by atoms with Crippen molar-refractivity contribution < 1.29 is 29.3 Å². The first-order valence-electron chi connectivity index (χ1n) is 17.6. The van der Waals surface area contributed by atoms with Crippen LogP contribution in [0.25, 0.3) is 33.4 Å².